The second kappa shape index (κ2) is 14.0. The zero-order chi connectivity index (χ0) is 25.8. The van der Waals surface area contributed by atoms with E-state index < -0.39 is 20.2 Å². The summed E-state index contributed by atoms with van der Waals surface area (Å²) < 4.78 is 65.4. The van der Waals surface area contributed by atoms with E-state index in [0.717, 1.165) is 22.3 Å². The van der Waals surface area contributed by atoms with Gasteiger partial charge in [0.2, 0.25) is 0 Å². The van der Waals surface area contributed by atoms with Crippen molar-refractivity contribution in [3.63, 3.8) is 0 Å². The molecule has 0 fully saturated rings. The predicted molar refractivity (Wildman–Crippen MR) is 154 cm³/mol. The molecule has 0 spiro atoms. The average Bonchev–Trinajstić information content (AvgIpc) is 2.86. The van der Waals surface area contributed by atoms with Crippen LogP contribution in [0.3, 0.4) is 0 Å². The maximum atomic E-state index is 11.6. The van der Waals surface area contributed by atoms with E-state index in [4.69, 9.17) is 0 Å². The van der Waals surface area contributed by atoms with Gasteiger partial charge in [0.1, 0.15) is 9.79 Å². The van der Waals surface area contributed by atoms with Crippen LogP contribution in [-0.4, -0.2) is 85.1 Å². The second-order valence-corrected chi connectivity index (χ2v) is 10.7. The van der Waals surface area contributed by atoms with Crippen molar-refractivity contribution in [1.29, 1.82) is 0 Å². The molecule has 38 heavy (non-hydrogen) atoms. The van der Waals surface area contributed by atoms with Gasteiger partial charge in [-0.2, -0.15) is 16.8 Å². The first-order chi connectivity index (χ1) is 17.1. The molecule has 0 unspecified atom stereocenters. The molecule has 0 aliphatic carbocycles. The normalized spacial score (nSPS) is 11.7. The Bertz CT molecular complexity index is 1570. The third-order valence-electron chi connectivity index (χ3n) is 5.41. The van der Waals surface area contributed by atoms with E-state index >= 15 is 0 Å². The molecule has 4 aromatic carbocycles. The summed E-state index contributed by atoms with van der Waals surface area (Å²) in [5, 5.41) is 0. The Balaban J connectivity index is 0.00000253. The first kappa shape index (κ1) is 32.4. The molecule has 10 heteroatoms. The van der Waals surface area contributed by atoms with Crippen LogP contribution in [0.5, 0.6) is 0 Å². The van der Waals surface area contributed by atoms with Gasteiger partial charge in [0.15, 0.2) is 0 Å². The summed E-state index contributed by atoms with van der Waals surface area (Å²) in [5.41, 5.74) is 4.27. The minimum absolute atomic E-state index is 0. The summed E-state index contributed by atoms with van der Waals surface area (Å²) in [4.78, 5) is -0.320. The van der Waals surface area contributed by atoms with Gasteiger partial charge in [-0.05, 0) is 57.6 Å². The Labute approximate surface area is 267 Å². The molecule has 0 saturated heterocycles. The van der Waals surface area contributed by atoms with E-state index in [-0.39, 0.29) is 68.9 Å². The van der Waals surface area contributed by atoms with Gasteiger partial charge in [-0.25, -0.2) is 0 Å². The molecule has 0 bridgehead atoms. The Morgan fingerprint density at radius 3 is 1.21 bits per heavy atom. The van der Waals surface area contributed by atoms with E-state index in [1.807, 2.05) is 48.5 Å². The molecule has 0 aromatic heterocycles. The van der Waals surface area contributed by atoms with E-state index in [9.17, 15) is 25.9 Å². The topological polar surface area (TPSA) is 109 Å². The quantitative estimate of drug-likeness (QED) is 0.176. The van der Waals surface area contributed by atoms with Crippen LogP contribution in [0.1, 0.15) is 22.3 Å². The van der Waals surface area contributed by atoms with Crippen LogP contribution >= 0.6 is 0 Å². The molecule has 2 N–H and O–H groups in total. The van der Waals surface area contributed by atoms with Gasteiger partial charge in [-0.15, -0.1) is 0 Å². The number of benzene rings is 4. The monoisotopic (exact) mass is 564 g/mol. The molecular formula is C28H22Na2O6S2. The van der Waals surface area contributed by atoms with Crippen LogP contribution in [0.2, 0.25) is 0 Å². The van der Waals surface area contributed by atoms with Gasteiger partial charge in [-0.3, -0.25) is 9.11 Å². The summed E-state index contributed by atoms with van der Waals surface area (Å²) in [7, 11) is -8.67. The Morgan fingerprint density at radius 2 is 0.842 bits per heavy atom. The zero-order valence-electron chi connectivity index (χ0n) is 20.9. The summed E-state index contributed by atoms with van der Waals surface area (Å²) in [6, 6.07) is 27.7. The molecular weight excluding hydrogens is 542 g/mol. The van der Waals surface area contributed by atoms with Crippen LogP contribution in [0.4, 0.5) is 0 Å². The molecule has 0 aliphatic rings. The number of hydrogen-bond donors (Lipinski definition) is 2. The molecule has 0 saturated carbocycles. The molecule has 0 aliphatic heterocycles. The smallest absolute Gasteiger partial charge is 0.282 e. The fourth-order valence-electron chi connectivity index (χ4n) is 3.72. The molecule has 6 nitrogen and oxygen atoms in total. The molecule has 0 heterocycles. The fraction of sp³-hybridized carbons (Fsp3) is 0. The standard InChI is InChI=1S/C28H22O6S2.2Na/c29-35(30,31)27-13-3-1-9-23(27)17-15-21-7-5-11-25(19-21)26-12-6-8-22(20-26)16-18-24-10-2-4-14-28(24)36(32,33)34;;/h1-20H,(H,29,30,31)(H,32,33,34);;/b17-15-,18-16-;;. The average molecular weight is 565 g/mol. The van der Waals surface area contributed by atoms with Gasteiger partial charge < -0.3 is 0 Å². The zero-order valence-corrected chi connectivity index (χ0v) is 26.5. The molecule has 184 valence electrons. The first-order valence-corrected chi connectivity index (χ1v) is 13.7. The number of hydrogen-bond acceptors (Lipinski definition) is 4. The SMILES string of the molecule is O=S(=O)(O)c1ccccc1/C=C\c1cccc(-c2cccc(/C=C\c3ccccc3S(=O)(=O)O)c2)c1.[Na].[Na]. The fourth-order valence-corrected chi connectivity index (χ4v) is 5.09. The number of rotatable bonds is 7. The van der Waals surface area contributed by atoms with E-state index in [1.165, 1.54) is 12.1 Å². The van der Waals surface area contributed by atoms with Gasteiger partial charge >= 0.3 is 0 Å². The van der Waals surface area contributed by atoms with E-state index in [0.29, 0.717) is 11.1 Å². The Morgan fingerprint density at radius 1 is 0.474 bits per heavy atom. The third-order valence-corrected chi connectivity index (χ3v) is 7.27. The third kappa shape index (κ3) is 8.59. The summed E-state index contributed by atoms with van der Waals surface area (Å²) in [6.07, 6.45) is 6.80. The summed E-state index contributed by atoms with van der Waals surface area (Å²) in [6.45, 7) is 0. The van der Waals surface area contributed by atoms with Crippen LogP contribution in [0, 0.1) is 0 Å². The van der Waals surface area contributed by atoms with Gasteiger partial charge in [0, 0.05) is 59.1 Å². The maximum absolute atomic E-state index is 11.6. The second-order valence-electron chi connectivity index (χ2n) is 7.94. The summed E-state index contributed by atoms with van der Waals surface area (Å²) in [5.74, 6) is 0. The molecule has 2 radical (unpaired) electrons. The van der Waals surface area contributed by atoms with Gasteiger partial charge in [0.05, 0.1) is 0 Å². The maximum Gasteiger partial charge on any atom is 0.295 e. The molecule has 0 atom stereocenters. The van der Waals surface area contributed by atoms with Gasteiger partial charge in [-0.1, -0.05) is 97.1 Å². The van der Waals surface area contributed by atoms with Crippen molar-refractivity contribution in [2.24, 2.45) is 0 Å². The minimum atomic E-state index is -4.34. The van der Waals surface area contributed by atoms with Crippen molar-refractivity contribution in [2.45, 2.75) is 9.79 Å². The largest absolute Gasteiger partial charge is 0.295 e. The van der Waals surface area contributed by atoms with E-state index in [1.54, 1.807) is 60.7 Å². The van der Waals surface area contributed by atoms with Crippen molar-refractivity contribution < 1.29 is 25.9 Å². The van der Waals surface area contributed by atoms with E-state index in [2.05, 4.69) is 0 Å². The van der Waals surface area contributed by atoms with Gasteiger partial charge in [0.25, 0.3) is 20.2 Å². The van der Waals surface area contributed by atoms with Crippen molar-refractivity contribution in [2.75, 3.05) is 0 Å². The Kier molecular flexibility index (Phi) is 11.9. The minimum Gasteiger partial charge on any atom is -0.282 e. The predicted octanol–water partition coefficient (Wildman–Crippen LogP) is 5.43. The van der Waals surface area contributed by atoms with Crippen LogP contribution in [0.15, 0.2) is 107 Å². The van der Waals surface area contributed by atoms with Crippen molar-refractivity contribution in [3.05, 3.63) is 119 Å². The summed E-state index contributed by atoms with van der Waals surface area (Å²) >= 11 is 0. The van der Waals surface area contributed by atoms with Crippen molar-refractivity contribution in [1.82, 2.24) is 0 Å². The Hall–Kier alpha value is -1.82. The van der Waals surface area contributed by atoms with Crippen LogP contribution in [0.25, 0.3) is 35.4 Å². The molecule has 0 amide bonds. The molecule has 4 aromatic rings. The molecule has 4 rings (SSSR count). The van der Waals surface area contributed by atoms with Crippen LogP contribution in [-0.2, 0) is 20.2 Å². The first-order valence-electron chi connectivity index (χ1n) is 10.8. The van der Waals surface area contributed by atoms with Crippen molar-refractivity contribution >= 4 is 104 Å². The van der Waals surface area contributed by atoms with Crippen LogP contribution < -0.4 is 0 Å². The van der Waals surface area contributed by atoms with Crippen molar-refractivity contribution in [3.8, 4) is 11.1 Å².